The van der Waals surface area contributed by atoms with E-state index >= 15 is 0 Å². The van der Waals surface area contributed by atoms with Gasteiger partial charge >= 0.3 is 12.3 Å². The number of aromatic hydroxyl groups is 1. The summed E-state index contributed by atoms with van der Waals surface area (Å²) in [7, 11) is -0.267. The first kappa shape index (κ1) is 42.8. The van der Waals surface area contributed by atoms with E-state index in [9.17, 15) is 37.9 Å². The molecule has 1 aromatic carbocycles. The number of nitrogens with zero attached hydrogens (tertiary/aromatic N) is 3. The molecule has 1 aromatic heterocycles. The molecule has 1 atom stereocenters. The maximum absolute atomic E-state index is 14.2. The first-order valence-electron chi connectivity index (χ1n) is 16.5. The lowest BCUT2D eigenvalue weighted by atomic mass is 10.1. The van der Waals surface area contributed by atoms with Crippen molar-refractivity contribution in [2.24, 2.45) is 0 Å². The lowest BCUT2D eigenvalue weighted by molar-refractivity contribution is -0.125. The highest BCUT2D eigenvalue weighted by Crippen LogP contribution is 2.39. The monoisotopic (exact) mass is 774 g/mol. The van der Waals surface area contributed by atoms with E-state index in [4.69, 9.17) is 32.7 Å². The van der Waals surface area contributed by atoms with Gasteiger partial charge in [-0.15, -0.1) is 0 Å². The standard InChI is InChI=1S/C33H45F2N4O13P/c1-21(2)51-31(44)47-19-49-53(50-20-48-32(45)52-22(3)4)13-7-11-38(18-40)33(10-12-46-17-33)37(6)39-16-26(29(42)28(41)23(39)5)30(43)36-15-24-8-9-25(34)14-27(24)35/h8-9,14,16,18,21-22,41H,7,10-13,15,17,19-20H2,1-6H3,(H,36,43). The van der Waals surface area contributed by atoms with Crippen LogP contribution in [0.25, 0.3) is 0 Å². The molecule has 0 spiro atoms. The van der Waals surface area contributed by atoms with Gasteiger partial charge in [0.2, 0.25) is 25.4 Å². The minimum Gasteiger partial charge on any atom is -0.503 e. The lowest BCUT2D eigenvalue weighted by Crippen LogP contribution is -2.64. The summed E-state index contributed by atoms with van der Waals surface area (Å²) in [4.78, 5) is 63.8. The Balaban J connectivity index is 1.77. The SMILES string of the molecule is Cc1c(O)c(=O)c(C(=O)NCc2ccc(F)cc2F)cn1N(C)C1(N(C=O)CCCP(OCOC(=O)OC(C)C)OCOC(=O)OC(C)C)CCOC1. The summed E-state index contributed by atoms with van der Waals surface area (Å²) in [5.41, 5.74) is -2.62. The number of ether oxygens (including phenoxy) is 5. The van der Waals surface area contributed by atoms with Crippen LogP contribution in [0.15, 0.2) is 29.2 Å². The fraction of sp³-hybridized carbons (Fsp3) is 0.545. The average molecular weight is 775 g/mol. The molecule has 1 fully saturated rings. The van der Waals surface area contributed by atoms with Gasteiger partial charge in [-0.05, 0) is 47.1 Å². The summed E-state index contributed by atoms with van der Waals surface area (Å²) in [6, 6.07) is 2.83. The van der Waals surface area contributed by atoms with Gasteiger partial charge in [0.15, 0.2) is 19.8 Å². The van der Waals surface area contributed by atoms with Gasteiger partial charge in [-0.1, -0.05) is 6.07 Å². The van der Waals surface area contributed by atoms with Gasteiger partial charge in [-0.2, -0.15) is 0 Å². The molecule has 1 aliphatic heterocycles. The minimum atomic E-state index is -1.85. The number of carbonyl (C=O) groups excluding carboxylic acids is 4. The second-order valence-electron chi connectivity index (χ2n) is 12.2. The summed E-state index contributed by atoms with van der Waals surface area (Å²) < 4.78 is 65.4. The zero-order valence-electron chi connectivity index (χ0n) is 30.3. The number of benzene rings is 1. The molecule has 2 heterocycles. The van der Waals surface area contributed by atoms with Crippen molar-refractivity contribution < 1.29 is 65.8 Å². The molecular weight excluding hydrogens is 729 g/mol. The van der Waals surface area contributed by atoms with Crippen LogP contribution in [0, 0.1) is 18.6 Å². The Morgan fingerprint density at radius 1 is 1.09 bits per heavy atom. The molecule has 20 heteroatoms. The van der Waals surface area contributed by atoms with Crippen molar-refractivity contribution in [1.29, 1.82) is 0 Å². The number of amides is 2. The number of pyridine rings is 1. The predicted octanol–water partition coefficient (Wildman–Crippen LogP) is 3.99. The Kier molecular flexibility index (Phi) is 16.2. The van der Waals surface area contributed by atoms with Gasteiger partial charge in [0, 0.05) is 50.5 Å². The molecule has 1 saturated heterocycles. The van der Waals surface area contributed by atoms with E-state index in [1.165, 1.54) is 22.7 Å². The Labute approximate surface area is 305 Å². The second kappa shape index (κ2) is 20.0. The van der Waals surface area contributed by atoms with Gasteiger partial charge < -0.3 is 39.0 Å². The highest BCUT2D eigenvalue weighted by Gasteiger charge is 2.45. The first-order valence-corrected chi connectivity index (χ1v) is 17.9. The minimum absolute atomic E-state index is 0.000685. The smallest absolute Gasteiger partial charge is 0.503 e. The molecule has 294 valence electrons. The van der Waals surface area contributed by atoms with Crippen LogP contribution >= 0.6 is 8.38 Å². The van der Waals surface area contributed by atoms with Crippen LogP contribution in [0.4, 0.5) is 18.4 Å². The van der Waals surface area contributed by atoms with Gasteiger partial charge in [-0.3, -0.25) is 33.1 Å². The molecule has 2 N–H and O–H groups in total. The molecule has 3 rings (SSSR count). The Morgan fingerprint density at radius 3 is 2.25 bits per heavy atom. The van der Waals surface area contributed by atoms with Crippen LogP contribution in [0.1, 0.15) is 62.2 Å². The molecule has 0 bridgehead atoms. The first-order chi connectivity index (χ1) is 25.1. The lowest BCUT2D eigenvalue weighted by Gasteiger charge is -2.46. The van der Waals surface area contributed by atoms with Crippen molar-refractivity contribution in [3.63, 3.8) is 0 Å². The quantitative estimate of drug-likeness (QED) is 0.0901. The fourth-order valence-corrected chi connectivity index (χ4v) is 6.19. The molecule has 1 unspecified atom stereocenters. The topological polar surface area (TPSA) is 194 Å². The normalized spacial score (nSPS) is 15.4. The van der Waals surface area contributed by atoms with E-state index in [1.807, 2.05) is 0 Å². The largest absolute Gasteiger partial charge is 0.510 e. The van der Waals surface area contributed by atoms with Gasteiger partial charge in [0.25, 0.3) is 5.91 Å². The highest BCUT2D eigenvalue weighted by molar-refractivity contribution is 7.47. The molecule has 0 saturated carbocycles. The number of carbonyl (C=O) groups is 4. The summed E-state index contributed by atoms with van der Waals surface area (Å²) in [6.07, 6.45) is -0.276. The van der Waals surface area contributed by atoms with Crippen molar-refractivity contribution in [3.05, 3.63) is 63.1 Å². The zero-order chi connectivity index (χ0) is 39.3. The Bertz CT molecular complexity index is 1610. The number of aromatic nitrogens is 1. The third-order valence-corrected chi connectivity index (χ3v) is 9.28. The van der Waals surface area contributed by atoms with E-state index in [1.54, 1.807) is 39.8 Å². The van der Waals surface area contributed by atoms with Crippen LogP contribution in [-0.4, -0.2) is 104 Å². The van der Waals surface area contributed by atoms with Crippen molar-refractivity contribution in [1.82, 2.24) is 14.9 Å². The molecule has 2 amide bonds. The van der Waals surface area contributed by atoms with Crippen LogP contribution in [0.3, 0.4) is 0 Å². The summed E-state index contributed by atoms with van der Waals surface area (Å²) in [6.45, 7) is 6.90. The average Bonchev–Trinajstić information content (AvgIpc) is 3.58. The Hall–Kier alpha value is -4.58. The third kappa shape index (κ3) is 12.0. The summed E-state index contributed by atoms with van der Waals surface area (Å²) in [5.74, 6) is -3.36. The summed E-state index contributed by atoms with van der Waals surface area (Å²) >= 11 is 0. The van der Waals surface area contributed by atoms with Crippen LogP contribution in [0.2, 0.25) is 0 Å². The molecular formula is C33H45F2N4O13P. The van der Waals surface area contributed by atoms with Crippen molar-refractivity contribution in [3.8, 4) is 5.75 Å². The summed E-state index contributed by atoms with van der Waals surface area (Å²) in [5, 5.41) is 14.8. The molecule has 0 aliphatic carbocycles. The van der Waals surface area contributed by atoms with E-state index in [2.05, 4.69) is 5.32 Å². The van der Waals surface area contributed by atoms with Gasteiger partial charge in [-0.25, -0.2) is 18.4 Å². The number of hydrogen-bond donors (Lipinski definition) is 2. The van der Waals surface area contributed by atoms with Crippen molar-refractivity contribution in [2.75, 3.05) is 51.6 Å². The number of rotatable bonds is 19. The van der Waals surface area contributed by atoms with Crippen LogP contribution in [-0.2, 0) is 44.1 Å². The second-order valence-corrected chi connectivity index (χ2v) is 13.8. The molecule has 2 aromatic rings. The van der Waals surface area contributed by atoms with E-state index < -0.39 is 86.4 Å². The van der Waals surface area contributed by atoms with Crippen molar-refractivity contribution >= 4 is 33.0 Å². The van der Waals surface area contributed by atoms with Crippen LogP contribution in [0.5, 0.6) is 5.75 Å². The maximum atomic E-state index is 14.2. The molecule has 17 nitrogen and oxygen atoms in total. The predicted molar refractivity (Wildman–Crippen MR) is 183 cm³/mol. The van der Waals surface area contributed by atoms with Gasteiger partial charge in [0.05, 0.1) is 31.1 Å². The highest BCUT2D eigenvalue weighted by atomic mass is 31.2. The number of likely N-dealkylation sites (N-methyl/N-ethyl adjacent to an activating group) is 1. The molecule has 53 heavy (non-hydrogen) atoms. The van der Waals surface area contributed by atoms with Crippen molar-refractivity contribution in [2.45, 2.75) is 71.9 Å². The van der Waals surface area contributed by atoms with E-state index in [0.29, 0.717) is 12.5 Å². The molecule has 0 radical (unpaired) electrons. The van der Waals surface area contributed by atoms with Gasteiger partial charge in [0.1, 0.15) is 17.2 Å². The zero-order valence-corrected chi connectivity index (χ0v) is 31.2. The third-order valence-electron chi connectivity index (χ3n) is 7.81. The molecule has 1 aliphatic rings. The number of halogens is 2. The number of hydrogen-bond acceptors (Lipinski definition) is 14. The van der Waals surface area contributed by atoms with Crippen LogP contribution < -0.4 is 15.8 Å². The van der Waals surface area contributed by atoms with E-state index in [-0.39, 0.29) is 56.6 Å². The number of nitrogens with one attached hydrogen (secondary N) is 1. The van der Waals surface area contributed by atoms with E-state index in [0.717, 1.165) is 12.1 Å². The Morgan fingerprint density at radius 2 is 1.72 bits per heavy atom. The maximum Gasteiger partial charge on any atom is 0.510 e. The fourth-order valence-electron chi connectivity index (χ4n) is 5.11.